The molecular formula is C18H28N2O5S. The molecule has 7 nitrogen and oxygen atoms in total. The second-order valence-corrected chi connectivity index (χ2v) is 10.8. The van der Waals surface area contributed by atoms with E-state index in [0.29, 0.717) is 31.7 Å². The number of nitrogens with zero attached hydrogens (tertiary/aromatic N) is 1. The lowest BCUT2D eigenvalue weighted by Crippen LogP contribution is -2.56. The predicted molar refractivity (Wildman–Crippen MR) is 97.7 cm³/mol. The largest absolute Gasteiger partial charge is 0.381 e. The van der Waals surface area contributed by atoms with Gasteiger partial charge in [-0.05, 0) is 38.0 Å². The molecule has 8 heteroatoms. The number of nitrogens with one attached hydrogen (secondary N) is 1. The van der Waals surface area contributed by atoms with Crippen LogP contribution in [0.5, 0.6) is 0 Å². The first kappa shape index (κ1) is 19.4. The molecular weight excluding hydrogens is 356 g/mol. The first-order chi connectivity index (χ1) is 12.1. The van der Waals surface area contributed by atoms with Crippen LogP contribution in [0.2, 0.25) is 0 Å². The number of hydrogen-bond donors (Lipinski definition) is 1. The number of carbonyl (C=O) groups excluding carboxylic acids is 1. The molecule has 2 heterocycles. The Labute approximate surface area is 154 Å². The number of carbonyl (C=O) groups is 1. The topological polar surface area (TPSA) is 98.5 Å². The van der Waals surface area contributed by atoms with Gasteiger partial charge in [-0.2, -0.15) is 0 Å². The van der Waals surface area contributed by atoms with Gasteiger partial charge in [-0.15, -0.1) is 0 Å². The van der Waals surface area contributed by atoms with Crippen molar-refractivity contribution in [3.8, 4) is 0 Å². The molecule has 1 aliphatic carbocycles. The minimum absolute atomic E-state index is 0.0490. The van der Waals surface area contributed by atoms with Crippen LogP contribution in [0.25, 0.3) is 0 Å². The average Bonchev–Trinajstić information content (AvgIpc) is 2.94. The quantitative estimate of drug-likeness (QED) is 0.838. The Hall–Kier alpha value is -1.41. The van der Waals surface area contributed by atoms with E-state index in [1.165, 1.54) is 0 Å². The molecule has 1 saturated heterocycles. The molecule has 1 aromatic rings. The van der Waals surface area contributed by atoms with E-state index < -0.39 is 20.5 Å². The summed E-state index contributed by atoms with van der Waals surface area (Å²) in [5.41, 5.74) is 0.496. The zero-order valence-electron chi connectivity index (χ0n) is 15.7. The summed E-state index contributed by atoms with van der Waals surface area (Å²) in [4.78, 5) is 12.9. The summed E-state index contributed by atoms with van der Waals surface area (Å²) in [5.74, 6) is -0.176. The van der Waals surface area contributed by atoms with E-state index in [9.17, 15) is 13.2 Å². The van der Waals surface area contributed by atoms with Gasteiger partial charge in [0.25, 0.3) is 0 Å². The van der Waals surface area contributed by atoms with Crippen molar-refractivity contribution in [3.05, 3.63) is 11.8 Å². The Balaban J connectivity index is 1.74. The van der Waals surface area contributed by atoms with E-state index in [1.54, 1.807) is 6.07 Å². The summed E-state index contributed by atoms with van der Waals surface area (Å²) in [6.45, 7) is 7.15. The van der Waals surface area contributed by atoms with E-state index in [0.717, 1.165) is 19.3 Å². The number of aromatic nitrogens is 1. The summed E-state index contributed by atoms with van der Waals surface area (Å²) in [5, 5.41) is 6.62. The monoisotopic (exact) mass is 384 g/mol. The van der Waals surface area contributed by atoms with Gasteiger partial charge in [0.2, 0.25) is 11.8 Å². The third-order valence-electron chi connectivity index (χ3n) is 5.48. The molecule has 1 aliphatic heterocycles. The van der Waals surface area contributed by atoms with Crippen LogP contribution in [-0.4, -0.2) is 43.2 Å². The lowest BCUT2D eigenvalue weighted by atomic mass is 9.83. The van der Waals surface area contributed by atoms with Gasteiger partial charge in [0.15, 0.2) is 14.6 Å². The zero-order chi connectivity index (χ0) is 19.0. The highest BCUT2D eigenvalue weighted by Gasteiger charge is 2.55. The molecule has 0 aromatic carbocycles. The lowest BCUT2D eigenvalue weighted by molar-refractivity contribution is -0.120. The zero-order valence-corrected chi connectivity index (χ0v) is 16.5. The Morgan fingerprint density at radius 3 is 2.46 bits per heavy atom. The summed E-state index contributed by atoms with van der Waals surface area (Å²) in [6, 6.07) is 1.66. The van der Waals surface area contributed by atoms with Gasteiger partial charge in [0, 0.05) is 24.7 Å². The van der Waals surface area contributed by atoms with Crippen LogP contribution in [0.4, 0.5) is 5.88 Å². The van der Waals surface area contributed by atoms with Crippen LogP contribution in [0.15, 0.2) is 10.6 Å². The van der Waals surface area contributed by atoms with Gasteiger partial charge in [-0.1, -0.05) is 25.9 Å². The number of hydrogen-bond acceptors (Lipinski definition) is 6. The minimum atomic E-state index is -3.56. The SMILES string of the molecule is CC(C)(C)c1cc(NC(=O)C2(S(=O)(=O)CC3CCOCC3)CCC2)on1. The molecule has 0 spiro atoms. The third kappa shape index (κ3) is 3.67. The molecule has 2 fully saturated rings. The highest BCUT2D eigenvalue weighted by molar-refractivity contribution is 7.93. The van der Waals surface area contributed by atoms with Crippen molar-refractivity contribution in [2.75, 3.05) is 24.3 Å². The molecule has 0 atom stereocenters. The van der Waals surface area contributed by atoms with Gasteiger partial charge >= 0.3 is 0 Å². The standard InChI is InChI=1S/C18H28N2O5S/c1-17(2,3)14-11-15(25-20-14)19-16(21)18(7-4-8-18)26(22,23)12-13-5-9-24-10-6-13/h11,13H,4-10,12H2,1-3H3,(H,19,21). The van der Waals surface area contributed by atoms with Crippen LogP contribution >= 0.6 is 0 Å². The summed E-state index contributed by atoms with van der Waals surface area (Å²) >= 11 is 0. The predicted octanol–water partition coefficient (Wildman–Crippen LogP) is 2.67. The summed E-state index contributed by atoms with van der Waals surface area (Å²) < 4.78 is 35.3. The van der Waals surface area contributed by atoms with Crippen molar-refractivity contribution in [3.63, 3.8) is 0 Å². The summed E-state index contributed by atoms with van der Waals surface area (Å²) in [7, 11) is -3.56. The van der Waals surface area contributed by atoms with E-state index in [4.69, 9.17) is 9.26 Å². The van der Waals surface area contributed by atoms with E-state index >= 15 is 0 Å². The van der Waals surface area contributed by atoms with Gasteiger partial charge in [0.1, 0.15) is 0 Å². The molecule has 0 radical (unpaired) electrons. The minimum Gasteiger partial charge on any atom is -0.381 e. The van der Waals surface area contributed by atoms with Crippen molar-refractivity contribution >= 4 is 21.6 Å². The fourth-order valence-corrected chi connectivity index (χ4v) is 5.99. The smallest absolute Gasteiger partial charge is 0.248 e. The van der Waals surface area contributed by atoms with Crippen LogP contribution < -0.4 is 5.32 Å². The van der Waals surface area contributed by atoms with E-state index in [2.05, 4.69) is 10.5 Å². The number of ether oxygens (including phenoxy) is 1. The Bertz CT molecular complexity index is 753. The van der Waals surface area contributed by atoms with Gasteiger partial charge in [-0.25, -0.2) is 8.42 Å². The average molecular weight is 384 g/mol. The molecule has 1 amide bonds. The fraction of sp³-hybridized carbons (Fsp3) is 0.778. The van der Waals surface area contributed by atoms with Gasteiger partial charge in [0.05, 0.1) is 11.4 Å². The molecule has 2 aliphatic rings. The normalized spacial score (nSPS) is 21.2. The number of rotatable bonds is 5. The first-order valence-corrected chi connectivity index (χ1v) is 10.9. The van der Waals surface area contributed by atoms with Crippen LogP contribution in [0.1, 0.15) is 58.6 Å². The van der Waals surface area contributed by atoms with Crippen molar-refractivity contribution in [1.82, 2.24) is 5.16 Å². The second-order valence-electron chi connectivity index (χ2n) is 8.47. The van der Waals surface area contributed by atoms with Crippen molar-refractivity contribution in [2.24, 2.45) is 5.92 Å². The first-order valence-electron chi connectivity index (χ1n) is 9.23. The highest BCUT2D eigenvalue weighted by atomic mass is 32.2. The lowest BCUT2D eigenvalue weighted by Gasteiger charge is -2.40. The Morgan fingerprint density at radius 1 is 1.31 bits per heavy atom. The van der Waals surface area contributed by atoms with Crippen LogP contribution in [0.3, 0.4) is 0 Å². The molecule has 26 heavy (non-hydrogen) atoms. The van der Waals surface area contributed by atoms with Crippen molar-refractivity contribution in [1.29, 1.82) is 0 Å². The Kier molecular flexibility index (Phi) is 5.18. The number of sulfone groups is 1. The highest BCUT2D eigenvalue weighted by Crippen LogP contribution is 2.42. The summed E-state index contributed by atoms with van der Waals surface area (Å²) in [6.07, 6.45) is 2.93. The van der Waals surface area contributed by atoms with Crippen molar-refractivity contribution < 1.29 is 22.5 Å². The maximum atomic E-state index is 13.1. The Morgan fingerprint density at radius 2 is 1.96 bits per heavy atom. The van der Waals surface area contributed by atoms with E-state index in [1.807, 2.05) is 20.8 Å². The molecule has 1 saturated carbocycles. The van der Waals surface area contributed by atoms with Gasteiger partial charge in [-0.3, -0.25) is 10.1 Å². The van der Waals surface area contributed by atoms with Crippen molar-refractivity contribution in [2.45, 2.75) is 63.0 Å². The molecule has 0 bridgehead atoms. The second kappa shape index (κ2) is 6.96. The number of amides is 1. The fourth-order valence-electron chi connectivity index (χ4n) is 3.47. The molecule has 146 valence electrons. The number of anilines is 1. The molecule has 1 N–H and O–H groups in total. The molecule has 0 unspecified atom stereocenters. The maximum absolute atomic E-state index is 13.1. The maximum Gasteiger partial charge on any atom is 0.248 e. The molecule has 1 aromatic heterocycles. The van der Waals surface area contributed by atoms with Gasteiger partial charge < -0.3 is 9.26 Å². The third-order valence-corrected chi connectivity index (χ3v) is 8.18. The van der Waals surface area contributed by atoms with Crippen LogP contribution in [0, 0.1) is 5.92 Å². The van der Waals surface area contributed by atoms with E-state index in [-0.39, 0.29) is 23.0 Å². The van der Waals surface area contributed by atoms with Crippen LogP contribution in [-0.2, 0) is 24.8 Å². The molecule has 3 rings (SSSR count).